The molecule has 2 heterocycles. The zero-order valence-corrected chi connectivity index (χ0v) is 10.3. The van der Waals surface area contributed by atoms with E-state index in [9.17, 15) is 4.79 Å². The maximum Gasteiger partial charge on any atom is 0.170 e. The summed E-state index contributed by atoms with van der Waals surface area (Å²) < 4.78 is 5.92. The molecule has 1 atom stereocenters. The van der Waals surface area contributed by atoms with E-state index in [2.05, 4.69) is 0 Å². The predicted octanol–water partition coefficient (Wildman–Crippen LogP) is 3.76. The SMILES string of the molecule is Cc1ccc2c(c1)OC(c1cccs1)CC2=O. The van der Waals surface area contributed by atoms with Gasteiger partial charge in [0.1, 0.15) is 11.9 Å². The van der Waals surface area contributed by atoms with Gasteiger partial charge < -0.3 is 4.74 Å². The highest BCUT2D eigenvalue weighted by molar-refractivity contribution is 7.10. The van der Waals surface area contributed by atoms with Crippen molar-refractivity contribution in [1.82, 2.24) is 0 Å². The molecule has 1 aliphatic rings. The van der Waals surface area contributed by atoms with Crippen LogP contribution in [0.1, 0.15) is 33.3 Å². The Balaban J connectivity index is 2.00. The fourth-order valence-corrected chi connectivity index (χ4v) is 2.82. The fraction of sp³-hybridized carbons (Fsp3) is 0.214. The van der Waals surface area contributed by atoms with Gasteiger partial charge in [0.05, 0.1) is 12.0 Å². The van der Waals surface area contributed by atoms with Crippen LogP contribution in [0.25, 0.3) is 0 Å². The average molecular weight is 244 g/mol. The number of ketones is 1. The highest BCUT2D eigenvalue weighted by atomic mass is 32.1. The molecule has 0 amide bonds. The molecular formula is C14H12O2S. The molecule has 0 spiro atoms. The van der Waals surface area contributed by atoms with E-state index < -0.39 is 0 Å². The van der Waals surface area contributed by atoms with Crippen LogP contribution in [0, 0.1) is 6.92 Å². The third-order valence-electron chi connectivity index (χ3n) is 2.94. The summed E-state index contributed by atoms with van der Waals surface area (Å²) in [5, 5.41) is 2.01. The summed E-state index contributed by atoms with van der Waals surface area (Å²) in [7, 11) is 0. The molecule has 2 aromatic rings. The summed E-state index contributed by atoms with van der Waals surface area (Å²) >= 11 is 1.63. The normalized spacial score (nSPS) is 18.6. The van der Waals surface area contributed by atoms with Crippen LogP contribution in [0.5, 0.6) is 5.75 Å². The highest BCUT2D eigenvalue weighted by Gasteiger charge is 2.27. The number of hydrogen-bond donors (Lipinski definition) is 0. The summed E-state index contributed by atoms with van der Waals surface area (Å²) in [4.78, 5) is 13.1. The van der Waals surface area contributed by atoms with Gasteiger partial charge in [-0.1, -0.05) is 12.1 Å². The molecule has 1 aromatic carbocycles. The minimum Gasteiger partial charge on any atom is -0.484 e. The molecule has 1 unspecified atom stereocenters. The van der Waals surface area contributed by atoms with E-state index in [0.717, 1.165) is 16.2 Å². The Morgan fingerprint density at radius 2 is 2.24 bits per heavy atom. The first-order valence-electron chi connectivity index (χ1n) is 5.58. The number of hydrogen-bond acceptors (Lipinski definition) is 3. The molecule has 0 bridgehead atoms. The van der Waals surface area contributed by atoms with Crippen molar-refractivity contribution in [3.63, 3.8) is 0 Å². The summed E-state index contributed by atoms with van der Waals surface area (Å²) in [6.45, 7) is 2.00. The second-order valence-electron chi connectivity index (χ2n) is 4.25. The fourth-order valence-electron chi connectivity index (χ4n) is 2.06. The largest absolute Gasteiger partial charge is 0.484 e. The van der Waals surface area contributed by atoms with Crippen LogP contribution < -0.4 is 4.74 Å². The van der Waals surface area contributed by atoms with E-state index in [1.807, 2.05) is 42.6 Å². The van der Waals surface area contributed by atoms with Gasteiger partial charge in [0.25, 0.3) is 0 Å². The lowest BCUT2D eigenvalue weighted by Gasteiger charge is -2.24. The number of carbonyl (C=O) groups is 1. The number of fused-ring (bicyclic) bond motifs is 1. The van der Waals surface area contributed by atoms with Crippen LogP contribution in [-0.4, -0.2) is 5.78 Å². The Hall–Kier alpha value is -1.61. The third kappa shape index (κ3) is 1.87. The van der Waals surface area contributed by atoms with Gasteiger partial charge in [0.2, 0.25) is 0 Å². The molecule has 0 fully saturated rings. The van der Waals surface area contributed by atoms with Gasteiger partial charge >= 0.3 is 0 Å². The molecule has 2 nitrogen and oxygen atoms in total. The first-order chi connectivity index (χ1) is 8.24. The number of ether oxygens (including phenoxy) is 1. The number of carbonyl (C=O) groups excluding carboxylic acids is 1. The maximum absolute atomic E-state index is 12.0. The van der Waals surface area contributed by atoms with E-state index >= 15 is 0 Å². The van der Waals surface area contributed by atoms with E-state index in [1.54, 1.807) is 11.3 Å². The summed E-state index contributed by atoms with van der Waals surface area (Å²) in [5.74, 6) is 0.893. The monoisotopic (exact) mass is 244 g/mol. The molecule has 1 aromatic heterocycles. The van der Waals surface area contributed by atoms with Crippen molar-refractivity contribution in [3.8, 4) is 5.75 Å². The lowest BCUT2D eigenvalue weighted by Crippen LogP contribution is -2.19. The van der Waals surface area contributed by atoms with Crippen molar-refractivity contribution in [3.05, 3.63) is 51.7 Å². The molecule has 0 N–H and O–H groups in total. The average Bonchev–Trinajstić information content (AvgIpc) is 2.81. The van der Waals surface area contributed by atoms with Gasteiger partial charge in [0.15, 0.2) is 5.78 Å². The van der Waals surface area contributed by atoms with Gasteiger partial charge in [-0.3, -0.25) is 4.79 Å². The molecule has 3 heteroatoms. The van der Waals surface area contributed by atoms with Crippen LogP contribution in [-0.2, 0) is 0 Å². The van der Waals surface area contributed by atoms with Gasteiger partial charge in [-0.15, -0.1) is 11.3 Å². The Morgan fingerprint density at radius 3 is 3.00 bits per heavy atom. The van der Waals surface area contributed by atoms with Gasteiger partial charge in [-0.25, -0.2) is 0 Å². The van der Waals surface area contributed by atoms with Gasteiger partial charge in [-0.2, -0.15) is 0 Å². The Bertz CT molecular complexity index is 558. The standard InChI is InChI=1S/C14H12O2S/c1-9-4-5-10-11(15)8-13(16-12(10)7-9)14-3-2-6-17-14/h2-7,13H,8H2,1H3. The molecule has 0 radical (unpaired) electrons. The zero-order chi connectivity index (χ0) is 11.8. The molecule has 0 saturated heterocycles. The van der Waals surface area contributed by atoms with E-state index in [4.69, 9.17) is 4.74 Å². The molecule has 0 saturated carbocycles. The van der Waals surface area contributed by atoms with E-state index in [1.165, 1.54) is 0 Å². The Morgan fingerprint density at radius 1 is 1.35 bits per heavy atom. The van der Waals surface area contributed by atoms with Crippen LogP contribution in [0.4, 0.5) is 0 Å². The lowest BCUT2D eigenvalue weighted by atomic mass is 9.99. The molecular weight excluding hydrogens is 232 g/mol. The Kier molecular flexibility index (Phi) is 2.48. The molecule has 3 rings (SSSR count). The quantitative estimate of drug-likeness (QED) is 0.763. The predicted molar refractivity (Wildman–Crippen MR) is 67.8 cm³/mol. The molecule has 0 aliphatic carbocycles. The number of rotatable bonds is 1. The number of benzene rings is 1. The van der Waals surface area contributed by atoms with Crippen molar-refractivity contribution in [2.75, 3.05) is 0 Å². The van der Waals surface area contributed by atoms with Crippen LogP contribution >= 0.6 is 11.3 Å². The summed E-state index contributed by atoms with van der Waals surface area (Å²) in [6.07, 6.45) is 0.327. The first kappa shape index (κ1) is 10.5. The van der Waals surface area contributed by atoms with Crippen LogP contribution in [0.15, 0.2) is 35.7 Å². The minimum absolute atomic E-state index is 0.114. The van der Waals surface area contributed by atoms with Crippen molar-refractivity contribution < 1.29 is 9.53 Å². The van der Waals surface area contributed by atoms with Gasteiger partial charge in [0, 0.05) is 4.88 Å². The van der Waals surface area contributed by atoms with Crippen molar-refractivity contribution in [1.29, 1.82) is 0 Å². The summed E-state index contributed by atoms with van der Waals surface area (Å²) in [6, 6.07) is 9.75. The maximum atomic E-state index is 12.0. The highest BCUT2D eigenvalue weighted by Crippen LogP contribution is 2.36. The van der Waals surface area contributed by atoms with Gasteiger partial charge in [-0.05, 0) is 36.1 Å². The zero-order valence-electron chi connectivity index (χ0n) is 9.47. The minimum atomic E-state index is -0.114. The van der Waals surface area contributed by atoms with Crippen molar-refractivity contribution >= 4 is 17.1 Å². The second-order valence-corrected chi connectivity index (χ2v) is 5.23. The number of thiophene rings is 1. The van der Waals surface area contributed by atoms with E-state index in [0.29, 0.717) is 12.0 Å². The number of Topliss-reactive ketones (excluding diaryl/α,β-unsaturated/α-hetero) is 1. The second kappa shape index (κ2) is 4.00. The third-order valence-corrected chi connectivity index (χ3v) is 3.90. The molecule has 1 aliphatic heterocycles. The Labute approximate surface area is 104 Å². The van der Waals surface area contributed by atoms with Crippen LogP contribution in [0.3, 0.4) is 0 Å². The van der Waals surface area contributed by atoms with Crippen molar-refractivity contribution in [2.45, 2.75) is 19.4 Å². The van der Waals surface area contributed by atoms with Crippen LogP contribution in [0.2, 0.25) is 0 Å². The topological polar surface area (TPSA) is 26.3 Å². The number of aryl methyl sites for hydroxylation is 1. The lowest BCUT2D eigenvalue weighted by molar-refractivity contribution is 0.0854. The molecule has 17 heavy (non-hydrogen) atoms. The van der Waals surface area contributed by atoms with E-state index in [-0.39, 0.29) is 11.9 Å². The molecule has 86 valence electrons. The smallest absolute Gasteiger partial charge is 0.170 e. The summed E-state index contributed by atoms with van der Waals surface area (Å²) in [5.41, 5.74) is 1.83. The van der Waals surface area contributed by atoms with Crippen molar-refractivity contribution in [2.24, 2.45) is 0 Å². The first-order valence-corrected chi connectivity index (χ1v) is 6.46.